The summed E-state index contributed by atoms with van der Waals surface area (Å²) < 4.78 is 6.57. The van der Waals surface area contributed by atoms with Gasteiger partial charge in [-0.2, -0.15) is 5.10 Å². The van der Waals surface area contributed by atoms with E-state index in [1.54, 1.807) is 35.4 Å². The van der Waals surface area contributed by atoms with Crippen molar-refractivity contribution in [1.82, 2.24) is 14.6 Å². The fourth-order valence-corrected chi connectivity index (χ4v) is 1.67. The number of furan rings is 1. The minimum atomic E-state index is 0.529. The van der Waals surface area contributed by atoms with E-state index in [9.17, 15) is 0 Å². The lowest BCUT2D eigenvalue weighted by Crippen LogP contribution is -1.93. The van der Waals surface area contributed by atoms with Gasteiger partial charge in [0, 0.05) is 17.7 Å². The van der Waals surface area contributed by atoms with Crippen molar-refractivity contribution in [3.63, 3.8) is 0 Å². The fourth-order valence-electron chi connectivity index (χ4n) is 1.43. The third-order valence-corrected chi connectivity index (χ3v) is 2.40. The molecule has 15 heavy (non-hydrogen) atoms. The molecule has 0 N–H and O–H groups in total. The topological polar surface area (TPSA) is 43.3 Å². The predicted octanol–water partition coefficient (Wildman–Crippen LogP) is 2.64. The van der Waals surface area contributed by atoms with Gasteiger partial charge in [0.1, 0.15) is 5.15 Å². The first-order valence-corrected chi connectivity index (χ1v) is 4.75. The van der Waals surface area contributed by atoms with Gasteiger partial charge in [-0.3, -0.25) is 0 Å². The zero-order valence-corrected chi connectivity index (χ0v) is 8.35. The molecule has 5 heteroatoms. The van der Waals surface area contributed by atoms with Crippen molar-refractivity contribution in [2.24, 2.45) is 0 Å². The Morgan fingerprint density at radius 2 is 2.27 bits per heavy atom. The molecule has 0 aromatic carbocycles. The van der Waals surface area contributed by atoms with Gasteiger partial charge in [-0.1, -0.05) is 11.6 Å². The molecule has 0 saturated heterocycles. The molecular formula is C10H6ClN3O. The summed E-state index contributed by atoms with van der Waals surface area (Å²) in [6.07, 6.45) is 4.89. The zero-order valence-electron chi connectivity index (χ0n) is 7.59. The minimum Gasteiger partial charge on any atom is -0.472 e. The van der Waals surface area contributed by atoms with Gasteiger partial charge in [0.15, 0.2) is 5.65 Å². The van der Waals surface area contributed by atoms with E-state index in [0.717, 1.165) is 16.9 Å². The maximum absolute atomic E-state index is 6.05. The van der Waals surface area contributed by atoms with Crippen LogP contribution in [-0.4, -0.2) is 14.6 Å². The second-order valence-corrected chi connectivity index (χ2v) is 3.46. The van der Waals surface area contributed by atoms with E-state index in [1.165, 1.54) is 0 Å². The van der Waals surface area contributed by atoms with Crippen LogP contribution < -0.4 is 0 Å². The lowest BCUT2D eigenvalue weighted by molar-refractivity contribution is 0.568. The van der Waals surface area contributed by atoms with Gasteiger partial charge < -0.3 is 4.42 Å². The fraction of sp³-hybridized carbons (Fsp3) is 0. The summed E-state index contributed by atoms with van der Waals surface area (Å²) in [4.78, 5) is 4.39. The Kier molecular flexibility index (Phi) is 1.76. The van der Waals surface area contributed by atoms with Crippen LogP contribution in [0.5, 0.6) is 0 Å². The predicted molar refractivity (Wildman–Crippen MR) is 55.7 cm³/mol. The molecule has 3 rings (SSSR count). The van der Waals surface area contributed by atoms with E-state index in [0.29, 0.717) is 5.15 Å². The largest absolute Gasteiger partial charge is 0.472 e. The molecule has 0 aliphatic rings. The van der Waals surface area contributed by atoms with Crippen molar-refractivity contribution in [2.75, 3.05) is 0 Å². The summed E-state index contributed by atoms with van der Waals surface area (Å²) in [5.41, 5.74) is 2.40. The van der Waals surface area contributed by atoms with Gasteiger partial charge in [-0.25, -0.2) is 9.50 Å². The van der Waals surface area contributed by atoms with Crippen LogP contribution in [0.15, 0.2) is 41.3 Å². The Morgan fingerprint density at radius 3 is 3.07 bits per heavy atom. The molecule has 0 spiro atoms. The Balaban J connectivity index is 2.29. The van der Waals surface area contributed by atoms with Crippen molar-refractivity contribution in [2.45, 2.75) is 0 Å². The molecular weight excluding hydrogens is 214 g/mol. The molecule has 0 saturated carbocycles. The third kappa shape index (κ3) is 1.30. The second-order valence-electron chi connectivity index (χ2n) is 3.08. The van der Waals surface area contributed by atoms with Gasteiger partial charge in [0.05, 0.1) is 24.4 Å². The molecule has 0 amide bonds. The van der Waals surface area contributed by atoms with Crippen molar-refractivity contribution in [1.29, 1.82) is 0 Å². The smallest absolute Gasteiger partial charge is 0.157 e. The van der Waals surface area contributed by atoms with E-state index in [-0.39, 0.29) is 0 Å². The molecule has 0 unspecified atom stereocenters. The van der Waals surface area contributed by atoms with Crippen molar-refractivity contribution in [3.8, 4) is 11.3 Å². The molecule has 0 aliphatic carbocycles. The minimum absolute atomic E-state index is 0.529. The van der Waals surface area contributed by atoms with Crippen molar-refractivity contribution < 1.29 is 4.42 Å². The molecule has 74 valence electrons. The number of fused-ring (bicyclic) bond motifs is 1. The highest BCUT2D eigenvalue weighted by Crippen LogP contribution is 2.21. The van der Waals surface area contributed by atoms with Gasteiger partial charge in [0.25, 0.3) is 0 Å². The summed E-state index contributed by atoms with van der Waals surface area (Å²) in [7, 11) is 0. The molecule has 3 heterocycles. The summed E-state index contributed by atoms with van der Waals surface area (Å²) in [5.74, 6) is 0. The average molecular weight is 220 g/mol. The quantitative estimate of drug-likeness (QED) is 0.591. The number of nitrogens with zero attached hydrogens (tertiary/aromatic N) is 3. The number of aromatic nitrogens is 3. The van der Waals surface area contributed by atoms with Crippen LogP contribution in [0.2, 0.25) is 5.15 Å². The Hall–Kier alpha value is -1.81. The van der Waals surface area contributed by atoms with Gasteiger partial charge in [0.2, 0.25) is 0 Å². The number of rotatable bonds is 1. The summed E-state index contributed by atoms with van der Waals surface area (Å²) >= 11 is 6.05. The Bertz CT molecular complexity index is 600. The molecule has 0 fully saturated rings. The number of hydrogen-bond donors (Lipinski definition) is 0. The molecule has 0 atom stereocenters. The Morgan fingerprint density at radius 1 is 1.33 bits per heavy atom. The maximum Gasteiger partial charge on any atom is 0.157 e. The summed E-state index contributed by atoms with van der Waals surface area (Å²) in [6, 6.07) is 5.40. The van der Waals surface area contributed by atoms with E-state index in [4.69, 9.17) is 16.0 Å². The average Bonchev–Trinajstić information content (AvgIpc) is 2.88. The van der Waals surface area contributed by atoms with Crippen LogP contribution in [0.4, 0.5) is 0 Å². The summed E-state index contributed by atoms with van der Waals surface area (Å²) in [6.45, 7) is 0. The molecule has 3 aromatic heterocycles. The zero-order chi connectivity index (χ0) is 10.3. The van der Waals surface area contributed by atoms with Crippen molar-refractivity contribution >= 4 is 17.2 Å². The normalized spacial score (nSPS) is 11.0. The second kappa shape index (κ2) is 3.10. The van der Waals surface area contributed by atoms with Crippen LogP contribution in [0.1, 0.15) is 0 Å². The first-order chi connectivity index (χ1) is 7.34. The lowest BCUT2D eigenvalue weighted by atomic mass is 10.2. The SMILES string of the molecule is Clc1cc(-c2ccoc2)nc2ccnn12. The van der Waals surface area contributed by atoms with Crippen LogP contribution in [-0.2, 0) is 0 Å². The molecule has 0 radical (unpaired) electrons. The van der Waals surface area contributed by atoms with Crippen LogP contribution in [0.3, 0.4) is 0 Å². The monoisotopic (exact) mass is 219 g/mol. The molecule has 3 aromatic rings. The lowest BCUT2D eigenvalue weighted by Gasteiger charge is -2.00. The van der Waals surface area contributed by atoms with E-state index < -0.39 is 0 Å². The molecule has 0 aliphatic heterocycles. The van der Waals surface area contributed by atoms with E-state index >= 15 is 0 Å². The number of halogens is 1. The van der Waals surface area contributed by atoms with E-state index in [2.05, 4.69) is 10.1 Å². The standard InChI is InChI=1S/C10H6ClN3O/c11-9-5-8(7-2-4-15-6-7)13-10-1-3-12-14(9)10/h1-6H. The first kappa shape index (κ1) is 8.49. The first-order valence-electron chi connectivity index (χ1n) is 4.37. The maximum atomic E-state index is 6.05. The van der Waals surface area contributed by atoms with Gasteiger partial charge in [-0.05, 0) is 6.07 Å². The third-order valence-electron chi connectivity index (χ3n) is 2.13. The number of hydrogen-bond acceptors (Lipinski definition) is 3. The Labute approximate surface area is 90.1 Å². The van der Waals surface area contributed by atoms with Crippen LogP contribution in [0.25, 0.3) is 16.9 Å². The highest BCUT2D eigenvalue weighted by atomic mass is 35.5. The molecule has 4 nitrogen and oxygen atoms in total. The molecule has 0 bridgehead atoms. The van der Waals surface area contributed by atoms with Crippen LogP contribution in [0, 0.1) is 0 Å². The van der Waals surface area contributed by atoms with Crippen molar-refractivity contribution in [3.05, 3.63) is 42.1 Å². The van der Waals surface area contributed by atoms with E-state index in [1.807, 2.05) is 6.07 Å². The summed E-state index contributed by atoms with van der Waals surface area (Å²) in [5, 5.41) is 4.57. The van der Waals surface area contributed by atoms with Gasteiger partial charge >= 0.3 is 0 Å². The van der Waals surface area contributed by atoms with Crippen LogP contribution >= 0.6 is 11.6 Å². The highest BCUT2D eigenvalue weighted by molar-refractivity contribution is 6.29. The van der Waals surface area contributed by atoms with Gasteiger partial charge in [-0.15, -0.1) is 0 Å². The highest BCUT2D eigenvalue weighted by Gasteiger charge is 2.06.